The molecule has 0 radical (unpaired) electrons. The van der Waals surface area contributed by atoms with Crippen molar-refractivity contribution in [3.63, 3.8) is 0 Å². The molecule has 0 unspecified atom stereocenters. The van der Waals surface area contributed by atoms with Crippen molar-refractivity contribution in [2.45, 2.75) is 37.9 Å². The molecule has 2 aliphatic rings. The highest BCUT2D eigenvalue weighted by atomic mass is 16.8. The first kappa shape index (κ1) is 9.06. The smallest absolute Gasteiger partial charge is 0.164 e. The number of hydrogen-bond donors (Lipinski definition) is 0. The zero-order valence-corrected chi connectivity index (χ0v) is 8.75. The van der Waals surface area contributed by atoms with Crippen LogP contribution in [0.2, 0.25) is 0 Å². The summed E-state index contributed by atoms with van der Waals surface area (Å²) >= 11 is 0. The monoisotopic (exact) mass is 207 g/mol. The molecule has 0 aromatic carbocycles. The Labute approximate surface area is 87.7 Å². The highest BCUT2D eigenvalue weighted by molar-refractivity contribution is 5.17. The molecule has 1 saturated heterocycles. The fourth-order valence-corrected chi connectivity index (χ4v) is 2.33. The third kappa shape index (κ3) is 1.10. The molecule has 0 spiro atoms. The van der Waals surface area contributed by atoms with Crippen LogP contribution in [0.5, 0.6) is 0 Å². The number of ether oxygens (including phenoxy) is 2. The molecule has 1 aromatic rings. The van der Waals surface area contributed by atoms with Gasteiger partial charge in [0.1, 0.15) is 18.2 Å². The third-order valence-corrected chi connectivity index (χ3v) is 2.88. The molecule has 1 aromatic heterocycles. The van der Waals surface area contributed by atoms with E-state index in [4.69, 9.17) is 9.47 Å². The Bertz CT molecular complexity index is 413. The molecule has 0 N–H and O–H groups in total. The summed E-state index contributed by atoms with van der Waals surface area (Å²) in [7, 11) is 0. The minimum atomic E-state index is -0.536. The summed E-state index contributed by atoms with van der Waals surface area (Å²) in [5.74, 6) is -0.536. The highest BCUT2D eigenvalue weighted by Gasteiger charge is 2.52. The maximum atomic E-state index is 5.83. The van der Waals surface area contributed by atoms with Crippen molar-refractivity contribution in [2.24, 2.45) is 0 Å². The molecule has 80 valence electrons. The van der Waals surface area contributed by atoms with Gasteiger partial charge in [0.05, 0.1) is 11.9 Å². The molecule has 1 fully saturated rings. The second kappa shape index (κ2) is 2.68. The van der Waals surface area contributed by atoms with Crippen molar-refractivity contribution in [3.8, 4) is 0 Å². The van der Waals surface area contributed by atoms with E-state index in [2.05, 4.69) is 16.9 Å². The molecular weight excluding hydrogens is 194 g/mol. The summed E-state index contributed by atoms with van der Waals surface area (Å²) in [5, 5.41) is 7.89. The first-order valence-electron chi connectivity index (χ1n) is 5.01. The Morgan fingerprint density at radius 3 is 3.07 bits per heavy atom. The van der Waals surface area contributed by atoms with E-state index < -0.39 is 5.79 Å². The van der Waals surface area contributed by atoms with Crippen LogP contribution in [0, 0.1) is 0 Å². The summed E-state index contributed by atoms with van der Waals surface area (Å²) in [5.41, 5.74) is 0.968. The Morgan fingerprint density at radius 1 is 1.53 bits per heavy atom. The van der Waals surface area contributed by atoms with Gasteiger partial charge in [0.25, 0.3) is 0 Å². The lowest BCUT2D eigenvalue weighted by Gasteiger charge is -2.20. The zero-order chi connectivity index (χ0) is 10.6. The van der Waals surface area contributed by atoms with E-state index >= 15 is 0 Å². The van der Waals surface area contributed by atoms with Crippen LogP contribution >= 0.6 is 0 Å². The van der Waals surface area contributed by atoms with E-state index in [1.807, 2.05) is 24.6 Å². The summed E-state index contributed by atoms with van der Waals surface area (Å²) < 4.78 is 13.5. The lowest BCUT2D eigenvalue weighted by atomic mass is 10.1. The van der Waals surface area contributed by atoms with Gasteiger partial charge < -0.3 is 9.47 Å². The lowest BCUT2D eigenvalue weighted by Crippen LogP contribution is -2.26. The summed E-state index contributed by atoms with van der Waals surface area (Å²) in [4.78, 5) is 0. The van der Waals surface area contributed by atoms with E-state index in [1.54, 1.807) is 6.20 Å². The highest BCUT2D eigenvalue weighted by Crippen LogP contribution is 2.47. The predicted molar refractivity (Wildman–Crippen MR) is 52.0 cm³/mol. The second-order valence-electron chi connectivity index (χ2n) is 4.35. The SMILES string of the molecule is C=C[C@H]1[C@@H]2OC(C)(C)O[C@@H]2c2cnnn21. The maximum Gasteiger partial charge on any atom is 0.164 e. The van der Waals surface area contributed by atoms with Crippen LogP contribution in [0.15, 0.2) is 18.9 Å². The van der Waals surface area contributed by atoms with Crippen LogP contribution in [0.3, 0.4) is 0 Å². The van der Waals surface area contributed by atoms with Crippen LogP contribution in [0.1, 0.15) is 31.7 Å². The molecule has 3 rings (SSSR count). The van der Waals surface area contributed by atoms with Crippen molar-refractivity contribution < 1.29 is 9.47 Å². The van der Waals surface area contributed by atoms with Gasteiger partial charge in [-0.05, 0) is 13.8 Å². The normalized spacial score (nSPS) is 36.3. The van der Waals surface area contributed by atoms with E-state index in [0.29, 0.717) is 0 Å². The Kier molecular flexibility index (Phi) is 1.62. The molecule has 0 aliphatic carbocycles. The molecular formula is C10H13N3O2. The Morgan fingerprint density at radius 2 is 2.33 bits per heavy atom. The van der Waals surface area contributed by atoms with Gasteiger partial charge in [-0.3, -0.25) is 0 Å². The van der Waals surface area contributed by atoms with Crippen molar-refractivity contribution >= 4 is 0 Å². The van der Waals surface area contributed by atoms with Crippen LogP contribution in [-0.2, 0) is 9.47 Å². The molecule has 5 heteroatoms. The lowest BCUT2D eigenvalue weighted by molar-refractivity contribution is -0.153. The fourth-order valence-electron chi connectivity index (χ4n) is 2.33. The van der Waals surface area contributed by atoms with E-state index in [-0.39, 0.29) is 18.2 Å². The standard InChI is InChI=1S/C10H13N3O2/c1-4-6-8-9(15-10(2,3)14-8)7-5-11-12-13(6)7/h4-6,8-9H,1H2,2-3H3/t6-,8-,9+/m0/s1. The molecule has 2 aliphatic heterocycles. The number of hydrogen-bond acceptors (Lipinski definition) is 4. The van der Waals surface area contributed by atoms with Gasteiger partial charge >= 0.3 is 0 Å². The molecule has 3 atom stereocenters. The molecule has 0 saturated carbocycles. The van der Waals surface area contributed by atoms with E-state index in [9.17, 15) is 0 Å². The minimum Gasteiger partial charge on any atom is -0.342 e. The van der Waals surface area contributed by atoms with Gasteiger partial charge in [-0.15, -0.1) is 11.7 Å². The maximum absolute atomic E-state index is 5.83. The Balaban J connectivity index is 2.05. The first-order chi connectivity index (χ1) is 7.12. The molecule has 15 heavy (non-hydrogen) atoms. The molecule has 0 amide bonds. The number of aromatic nitrogens is 3. The molecule has 3 heterocycles. The van der Waals surface area contributed by atoms with Crippen LogP contribution in [0.25, 0.3) is 0 Å². The number of rotatable bonds is 1. The van der Waals surface area contributed by atoms with E-state index in [1.165, 1.54) is 0 Å². The summed E-state index contributed by atoms with van der Waals surface area (Å²) in [6.07, 6.45) is 3.46. The van der Waals surface area contributed by atoms with Crippen LogP contribution in [0.4, 0.5) is 0 Å². The Hall–Kier alpha value is -1.20. The minimum absolute atomic E-state index is 0.0225. The molecule has 5 nitrogen and oxygen atoms in total. The predicted octanol–water partition coefficient (Wildman–Crippen LogP) is 1.21. The van der Waals surface area contributed by atoms with Gasteiger partial charge in [-0.2, -0.15) is 0 Å². The van der Waals surface area contributed by atoms with Crippen molar-refractivity contribution in [1.29, 1.82) is 0 Å². The summed E-state index contributed by atoms with van der Waals surface area (Å²) in [6.45, 7) is 7.64. The fraction of sp³-hybridized carbons (Fsp3) is 0.600. The molecule has 0 bridgehead atoms. The van der Waals surface area contributed by atoms with Crippen molar-refractivity contribution in [2.75, 3.05) is 0 Å². The summed E-state index contributed by atoms with van der Waals surface area (Å²) in [6, 6.07) is 0.0225. The quantitative estimate of drug-likeness (QED) is 0.649. The van der Waals surface area contributed by atoms with Crippen molar-refractivity contribution in [1.82, 2.24) is 15.0 Å². The first-order valence-corrected chi connectivity index (χ1v) is 5.01. The van der Waals surface area contributed by atoms with Gasteiger partial charge in [0.2, 0.25) is 0 Å². The number of fused-ring (bicyclic) bond motifs is 3. The average Bonchev–Trinajstić information content (AvgIpc) is 2.75. The van der Waals surface area contributed by atoms with E-state index in [0.717, 1.165) is 5.69 Å². The third-order valence-electron chi connectivity index (χ3n) is 2.88. The van der Waals surface area contributed by atoms with Gasteiger partial charge in [0, 0.05) is 0 Å². The zero-order valence-electron chi connectivity index (χ0n) is 8.75. The van der Waals surface area contributed by atoms with Crippen LogP contribution < -0.4 is 0 Å². The van der Waals surface area contributed by atoms with Crippen LogP contribution in [-0.4, -0.2) is 26.9 Å². The van der Waals surface area contributed by atoms with Gasteiger partial charge in [-0.1, -0.05) is 11.3 Å². The average molecular weight is 207 g/mol. The topological polar surface area (TPSA) is 49.2 Å². The number of nitrogens with zero attached hydrogens (tertiary/aromatic N) is 3. The van der Waals surface area contributed by atoms with Crippen molar-refractivity contribution in [3.05, 3.63) is 24.5 Å². The van der Waals surface area contributed by atoms with Gasteiger partial charge in [0.15, 0.2) is 5.79 Å². The largest absolute Gasteiger partial charge is 0.342 e. The second-order valence-corrected chi connectivity index (χ2v) is 4.35. The van der Waals surface area contributed by atoms with Gasteiger partial charge in [-0.25, -0.2) is 4.68 Å².